The lowest BCUT2D eigenvalue weighted by Crippen LogP contribution is -2.17. The summed E-state index contributed by atoms with van der Waals surface area (Å²) in [5.41, 5.74) is 1.96. The number of amides is 1. The van der Waals surface area contributed by atoms with Crippen LogP contribution in [0.25, 0.3) is 0 Å². The Bertz CT molecular complexity index is 1480. The van der Waals surface area contributed by atoms with E-state index in [4.69, 9.17) is 30.5 Å². The molecule has 0 fully saturated rings. The van der Waals surface area contributed by atoms with E-state index in [1.54, 1.807) is 25.1 Å². The van der Waals surface area contributed by atoms with Gasteiger partial charge in [-0.15, -0.1) is 0 Å². The van der Waals surface area contributed by atoms with Crippen LogP contribution in [0.5, 0.6) is 28.7 Å². The molecule has 3 aromatic carbocycles. The van der Waals surface area contributed by atoms with Crippen molar-refractivity contribution in [3.63, 3.8) is 0 Å². The van der Waals surface area contributed by atoms with Gasteiger partial charge in [0.2, 0.25) is 5.75 Å². The first kappa shape index (κ1) is 29.4. The van der Waals surface area contributed by atoms with E-state index in [9.17, 15) is 25.0 Å². The predicted octanol–water partition coefficient (Wildman–Crippen LogP) is 5.68. The minimum Gasteiger partial charge on any atom is -0.493 e. The van der Waals surface area contributed by atoms with E-state index in [-0.39, 0.29) is 34.4 Å². The third-order valence-corrected chi connectivity index (χ3v) is 5.34. The van der Waals surface area contributed by atoms with Crippen LogP contribution in [-0.4, -0.2) is 42.3 Å². The summed E-state index contributed by atoms with van der Waals surface area (Å²) >= 11 is 6.35. The average molecular weight is 571 g/mol. The number of non-ortho nitro benzene ring substituents is 1. The molecule has 1 amide bonds. The summed E-state index contributed by atoms with van der Waals surface area (Å²) in [7, 11) is 1.32. The number of nitro benzene ring substituents is 2. The Balaban J connectivity index is 1.79. The van der Waals surface area contributed by atoms with Crippen molar-refractivity contribution in [2.24, 2.45) is 5.10 Å². The minimum absolute atomic E-state index is 0.00348. The van der Waals surface area contributed by atoms with Crippen molar-refractivity contribution in [2.75, 3.05) is 20.3 Å². The van der Waals surface area contributed by atoms with Gasteiger partial charge < -0.3 is 18.9 Å². The second kappa shape index (κ2) is 13.6. The molecule has 14 heteroatoms. The van der Waals surface area contributed by atoms with Crippen molar-refractivity contribution in [1.29, 1.82) is 0 Å². The molecule has 0 radical (unpaired) electrons. The third-order valence-electron chi connectivity index (χ3n) is 5.06. The molecule has 0 aromatic heterocycles. The maximum atomic E-state index is 12.6. The van der Waals surface area contributed by atoms with Gasteiger partial charge in [0.15, 0.2) is 23.0 Å². The van der Waals surface area contributed by atoms with Crippen LogP contribution in [0.15, 0.2) is 66.3 Å². The summed E-state index contributed by atoms with van der Waals surface area (Å²) in [6.07, 6.45) is 2.89. The zero-order valence-electron chi connectivity index (χ0n) is 21.3. The number of methoxy groups -OCH3 is 1. The first-order valence-electron chi connectivity index (χ1n) is 11.5. The number of carbonyl (C=O) groups is 1. The van der Waals surface area contributed by atoms with E-state index in [0.29, 0.717) is 23.7 Å². The number of benzene rings is 3. The zero-order valence-corrected chi connectivity index (χ0v) is 22.0. The largest absolute Gasteiger partial charge is 0.493 e. The molecule has 0 atom stereocenters. The molecular weight excluding hydrogens is 548 g/mol. The van der Waals surface area contributed by atoms with Gasteiger partial charge in [0.1, 0.15) is 6.61 Å². The molecule has 40 heavy (non-hydrogen) atoms. The highest BCUT2D eigenvalue weighted by Crippen LogP contribution is 2.42. The Morgan fingerprint density at radius 1 is 1.02 bits per heavy atom. The summed E-state index contributed by atoms with van der Waals surface area (Å²) in [5, 5.41) is 26.4. The molecule has 0 saturated heterocycles. The Hall–Kier alpha value is -5.17. The number of halogens is 1. The first-order valence-corrected chi connectivity index (χ1v) is 11.9. The van der Waals surface area contributed by atoms with Crippen molar-refractivity contribution in [3.8, 4) is 28.7 Å². The fourth-order valence-electron chi connectivity index (χ4n) is 3.29. The van der Waals surface area contributed by atoms with Crippen LogP contribution in [0, 0.1) is 20.2 Å². The maximum absolute atomic E-state index is 12.6. The van der Waals surface area contributed by atoms with E-state index in [0.717, 1.165) is 18.2 Å². The Morgan fingerprint density at radius 3 is 2.42 bits per heavy atom. The molecular formula is C26H23ClN4O9. The minimum atomic E-state index is -0.814. The number of hydrazone groups is 1. The lowest BCUT2D eigenvalue weighted by Gasteiger charge is -2.13. The van der Waals surface area contributed by atoms with Gasteiger partial charge in [0, 0.05) is 11.6 Å². The molecule has 0 aliphatic heterocycles. The number of carbonyl (C=O) groups excluding carboxylic acids is 1. The van der Waals surface area contributed by atoms with Crippen molar-refractivity contribution in [3.05, 3.63) is 97.6 Å². The molecule has 13 nitrogen and oxygen atoms in total. The van der Waals surface area contributed by atoms with Crippen LogP contribution in [0.1, 0.15) is 22.8 Å². The van der Waals surface area contributed by atoms with Crippen LogP contribution in [-0.2, 0) is 0 Å². The van der Waals surface area contributed by atoms with Crippen LogP contribution < -0.4 is 24.4 Å². The quantitative estimate of drug-likeness (QED) is 0.118. The Labute approximate surface area is 232 Å². The molecule has 208 valence electrons. The molecule has 3 rings (SSSR count). The van der Waals surface area contributed by atoms with Gasteiger partial charge in [0.05, 0.1) is 40.9 Å². The summed E-state index contributed by atoms with van der Waals surface area (Å²) in [6, 6.07) is 10.5. The highest BCUT2D eigenvalue weighted by Gasteiger charge is 2.23. The molecule has 3 aromatic rings. The van der Waals surface area contributed by atoms with Gasteiger partial charge >= 0.3 is 5.69 Å². The second-order valence-corrected chi connectivity index (χ2v) is 8.10. The first-order chi connectivity index (χ1) is 19.2. The second-order valence-electron chi connectivity index (χ2n) is 7.70. The number of hydrogen-bond acceptors (Lipinski definition) is 10. The number of nitro groups is 2. The van der Waals surface area contributed by atoms with E-state index in [1.807, 2.05) is 0 Å². The molecule has 0 aliphatic carbocycles. The fraction of sp³-hybridized carbons (Fsp3) is 0.154. The van der Waals surface area contributed by atoms with E-state index < -0.39 is 27.1 Å². The summed E-state index contributed by atoms with van der Waals surface area (Å²) < 4.78 is 22.0. The topological polar surface area (TPSA) is 165 Å². The SMILES string of the molecule is C=CCOc1ccc(C(=O)N/N=C/c2cc(Cl)c(Oc3ccc([N+](=O)[O-])cc3[N+](=O)[O-])c(OC)c2)cc1OCC. The number of nitrogens with zero attached hydrogens (tertiary/aromatic N) is 3. The number of rotatable bonds is 13. The lowest BCUT2D eigenvalue weighted by molar-refractivity contribution is -0.394. The zero-order chi connectivity index (χ0) is 29.2. The van der Waals surface area contributed by atoms with Gasteiger partial charge in [0.25, 0.3) is 11.6 Å². The highest BCUT2D eigenvalue weighted by molar-refractivity contribution is 6.32. The monoisotopic (exact) mass is 570 g/mol. The molecule has 0 bridgehead atoms. The molecule has 0 spiro atoms. The van der Waals surface area contributed by atoms with Gasteiger partial charge in [-0.3, -0.25) is 25.0 Å². The fourth-order valence-corrected chi connectivity index (χ4v) is 3.54. The van der Waals surface area contributed by atoms with Gasteiger partial charge in [-0.1, -0.05) is 24.3 Å². The summed E-state index contributed by atoms with van der Waals surface area (Å²) in [4.78, 5) is 33.5. The molecule has 0 saturated carbocycles. The Kier molecular flexibility index (Phi) is 9.97. The van der Waals surface area contributed by atoms with Crippen LogP contribution in [0.2, 0.25) is 5.02 Å². The van der Waals surface area contributed by atoms with E-state index in [2.05, 4.69) is 17.1 Å². The van der Waals surface area contributed by atoms with Crippen LogP contribution in [0.3, 0.4) is 0 Å². The van der Waals surface area contributed by atoms with Crippen LogP contribution >= 0.6 is 11.6 Å². The maximum Gasteiger partial charge on any atom is 0.318 e. The Morgan fingerprint density at radius 2 is 1.77 bits per heavy atom. The predicted molar refractivity (Wildman–Crippen MR) is 146 cm³/mol. The number of nitrogens with one attached hydrogen (secondary N) is 1. The van der Waals surface area contributed by atoms with Crippen LogP contribution in [0.4, 0.5) is 11.4 Å². The van der Waals surface area contributed by atoms with Crippen molar-refractivity contribution in [2.45, 2.75) is 6.92 Å². The van der Waals surface area contributed by atoms with Gasteiger partial charge in [-0.2, -0.15) is 5.10 Å². The van der Waals surface area contributed by atoms with Gasteiger partial charge in [-0.25, -0.2) is 5.43 Å². The number of ether oxygens (including phenoxy) is 4. The lowest BCUT2D eigenvalue weighted by atomic mass is 10.2. The summed E-state index contributed by atoms with van der Waals surface area (Å²) in [5.74, 6) is 0.0768. The van der Waals surface area contributed by atoms with Gasteiger partial charge in [-0.05, 0) is 48.9 Å². The standard InChI is InChI=1S/C26H23ClN4O9/c1-4-10-39-22-8-6-17(13-23(22)38-5-2)26(32)29-28-15-16-11-19(27)25(24(12-16)37-3)40-21-9-7-18(30(33)34)14-20(21)31(35)36/h4,6-9,11-15H,1,5,10H2,2-3H3,(H,29,32)/b28-15+. The smallest absolute Gasteiger partial charge is 0.318 e. The van der Waals surface area contributed by atoms with Crippen molar-refractivity contribution in [1.82, 2.24) is 5.43 Å². The molecule has 0 unspecified atom stereocenters. The van der Waals surface area contributed by atoms with E-state index in [1.165, 1.54) is 31.5 Å². The third kappa shape index (κ3) is 7.23. The average Bonchev–Trinajstić information content (AvgIpc) is 2.93. The van der Waals surface area contributed by atoms with Crippen molar-refractivity contribution >= 4 is 35.1 Å². The normalized spacial score (nSPS) is 10.6. The molecule has 1 N–H and O–H groups in total. The summed E-state index contributed by atoms with van der Waals surface area (Å²) in [6.45, 7) is 6.05. The molecule has 0 heterocycles. The van der Waals surface area contributed by atoms with E-state index >= 15 is 0 Å². The molecule has 0 aliphatic rings. The van der Waals surface area contributed by atoms with Crippen molar-refractivity contribution < 1.29 is 33.6 Å². The highest BCUT2D eigenvalue weighted by atomic mass is 35.5. The number of hydrogen-bond donors (Lipinski definition) is 1.